The van der Waals surface area contributed by atoms with Crippen LogP contribution in [0.25, 0.3) is 0 Å². The number of carbonyl (C=O) groups excluding carboxylic acids is 1. The number of hydrogen-bond acceptors (Lipinski definition) is 4. The monoisotopic (exact) mass is 207 g/mol. The Balaban J connectivity index is 4.26. The Morgan fingerprint density at radius 2 is 2.15 bits per heavy atom. The third-order valence-electron chi connectivity index (χ3n) is 0.927. The summed E-state index contributed by atoms with van der Waals surface area (Å²) in [5.74, 6) is -0.177. The molecule has 0 saturated heterocycles. The van der Waals surface area contributed by atoms with E-state index >= 15 is 0 Å². The Bertz CT molecular complexity index is 198. The first-order chi connectivity index (χ1) is 6.13. The molecule has 0 atom stereocenters. The number of hydroxylamine groups is 2. The summed E-state index contributed by atoms with van der Waals surface area (Å²) >= 11 is 3.53. The van der Waals surface area contributed by atoms with Crippen molar-refractivity contribution in [3.8, 4) is 0 Å². The molecule has 0 aromatic carbocycles. The van der Waals surface area contributed by atoms with Crippen LogP contribution in [0.1, 0.15) is 13.8 Å². The maximum absolute atomic E-state index is 10.8. The zero-order valence-electron chi connectivity index (χ0n) is 7.56. The minimum absolute atomic E-state index is 0.177. The average Bonchev–Trinajstić information content (AvgIpc) is 2.09. The molecule has 0 aliphatic carbocycles. The van der Waals surface area contributed by atoms with Gasteiger partial charge < -0.3 is 10.6 Å². The highest BCUT2D eigenvalue weighted by atomic mass is 32.1. The van der Waals surface area contributed by atoms with Gasteiger partial charge in [-0.2, -0.15) is 0 Å². The summed E-state index contributed by atoms with van der Waals surface area (Å²) in [5, 5.41) is 3.51. The molecule has 0 aromatic heterocycles. The molecule has 2 N–H and O–H groups in total. The Kier molecular flexibility index (Phi) is 6.07. The summed E-state index contributed by atoms with van der Waals surface area (Å²) in [7, 11) is 0. The van der Waals surface area contributed by atoms with Crippen LogP contribution in [0.5, 0.6) is 0 Å². The minimum Gasteiger partial charge on any atom is -0.393 e. The molecule has 0 heterocycles. The van der Waals surface area contributed by atoms with E-state index in [1.807, 2.05) is 0 Å². The van der Waals surface area contributed by atoms with Crippen LogP contribution in [0.15, 0.2) is 5.16 Å². The number of nitrogens with two attached hydrogens (primary N) is 1. The summed E-state index contributed by atoms with van der Waals surface area (Å²) in [6, 6.07) is 0. The first-order valence-corrected chi connectivity index (χ1v) is 4.19. The van der Waals surface area contributed by atoms with Gasteiger partial charge in [-0.05, 0) is 19.0 Å². The number of hydrogen-bond donors (Lipinski definition) is 2. The molecule has 0 aromatic rings. The Hall–Kier alpha value is -0.950. The van der Waals surface area contributed by atoms with Gasteiger partial charge in [0.15, 0.2) is 0 Å². The molecule has 0 rings (SSSR count). The summed E-state index contributed by atoms with van der Waals surface area (Å²) in [6.07, 6.45) is 0. The number of nitrogens with zero attached hydrogens (tertiary/aromatic N) is 2. The average molecular weight is 207 g/mol. The number of thiol groups is 1. The standard InChI is InChI=1S/C6H13N3O3S/c1-3-11-8-5(7)9(6(10)13)12-4-2/h3-4H2,1-2H3,(H2,7,8)(H,10,13). The van der Waals surface area contributed by atoms with E-state index in [0.29, 0.717) is 6.61 Å². The van der Waals surface area contributed by atoms with Crippen LogP contribution in [0.4, 0.5) is 4.79 Å². The van der Waals surface area contributed by atoms with Crippen molar-refractivity contribution in [1.29, 1.82) is 0 Å². The predicted molar refractivity (Wildman–Crippen MR) is 51.1 cm³/mol. The molecule has 0 spiro atoms. The molecule has 1 amide bonds. The number of oxime groups is 1. The van der Waals surface area contributed by atoms with Crippen LogP contribution in [0.2, 0.25) is 0 Å². The smallest absolute Gasteiger partial charge is 0.309 e. The molecule has 0 bridgehead atoms. The van der Waals surface area contributed by atoms with E-state index in [-0.39, 0.29) is 12.6 Å². The molecular weight excluding hydrogens is 194 g/mol. The van der Waals surface area contributed by atoms with Crippen LogP contribution >= 0.6 is 12.6 Å². The Morgan fingerprint density at radius 1 is 1.54 bits per heavy atom. The number of carbonyl (C=O) groups is 1. The lowest BCUT2D eigenvalue weighted by Gasteiger charge is -2.16. The molecule has 0 radical (unpaired) electrons. The molecule has 6 nitrogen and oxygen atoms in total. The second kappa shape index (κ2) is 6.55. The molecule has 76 valence electrons. The highest BCUT2D eigenvalue weighted by Crippen LogP contribution is 1.97. The first-order valence-electron chi connectivity index (χ1n) is 3.74. The lowest BCUT2D eigenvalue weighted by Crippen LogP contribution is -2.39. The van der Waals surface area contributed by atoms with Crippen molar-refractivity contribution in [3.05, 3.63) is 0 Å². The number of guanidine groups is 1. The molecule has 0 fully saturated rings. The summed E-state index contributed by atoms with van der Waals surface area (Å²) < 4.78 is 0. The minimum atomic E-state index is -0.650. The highest BCUT2D eigenvalue weighted by Gasteiger charge is 2.14. The fourth-order valence-electron chi connectivity index (χ4n) is 0.516. The topological polar surface area (TPSA) is 77.2 Å². The summed E-state index contributed by atoms with van der Waals surface area (Å²) in [4.78, 5) is 20.2. The summed E-state index contributed by atoms with van der Waals surface area (Å²) in [6.45, 7) is 4.10. The van der Waals surface area contributed by atoms with Crippen LogP contribution in [-0.2, 0) is 9.68 Å². The van der Waals surface area contributed by atoms with Gasteiger partial charge in [0.1, 0.15) is 6.61 Å². The van der Waals surface area contributed by atoms with E-state index in [4.69, 9.17) is 10.6 Å². The van der Waals surface area contributed by atoms with E-state index in [1.165, 1.54) is 0 Å². The van der Waals surface area contributed by atoms with Gasteiger partial charge >= 0.3 is 5.24 Å². The molecule has 0 aliphatic heterocycles. The van der Waals surface area contributed by atoms with E-state index < -0.39 is 5.24 Å². The van der Waals surface area contributed by atoms with Gasteiger partial charge in [0.2, 0.25) is 0 Å². The fraction of sp³-hybridized carbons (Fsp3) is 0.667. The molecule has 0 aliphatic rings. The van der Waals surface area contributed by atoms with Gasteiger partial charge in [0.25, 0.3) is 5.96 Å². The van der Waals surface area contributed by atoms with E-state index in [9.17, 15) is 4.79 Å². The van der Waals surface area contributed by atoms with Crippen molar-refractivity contribution >= 4 is 23.8 Å². The largest absolute Gasteiger partial charge is 0.393 e. The maximum atomic E-state index is 10.8. The molecule has 13 heavy (non-hydrogen) atoms. The first kappa shape index (κ1) is 12.0. The summed E-state index contributed by atoms with van der Waals surface area (Å²) in [5.41, 5.74) is 5.35. The van der Waals surface area contributed by atoms with Crippen molar-refractivity contribution in [3.63, 3.8) is 0 Å². The van der Waals surface area contributed by atoms with Gasteiger partial charge in [-0.1, -0.05) is 12.6 Å². The van der Waals surface area contributed by atoms with E-state index in [2.05, 4.69) is 22.6 Å². The maximum Gasteiger partial charge on any atom is 0.309 e. The zero-order valence-corrected chi connectivity index (χ0v) is 8.45. The molecular formula is C6H13N3O3S. The molecule has 7 heteroatoms. The van der Waals surface area contributed by atoms with Crippen LogP contribution in [0.3, 0.4) is 0 Å². The second-order valence-corrected chi connectivity index (χ2v) is 2.24. The van der Waals surface area contributed by atoms with E-state index in [0.717, 1.165) is 5.06 Å². The van der Waals surface area contributed by atoms with Crippen LogP contribution in [-0.4, -0.2) is 29.5 Å². The zero-order chi connectivity index (χ0) is 10.3. The molecule has 0 unspecified atom stereocenters. The fourth-order valence-corrected chi connectivity index (χ4v) is 0.676. The predicted octanol–water partition coefficient (Wildman–Crippen LogP) is 0.556. The highest BCUT2D eigenvalue weighted by molar-refractivity contribution is 7.96. The van der Waals surface area contributed by atoms with Crippen molar-refractivity contribution < 1.29 is 14.5 Å². The van der Waals surface area contributed by atoms with Crippen LogP contribution < -0.4 is 5.73 Å². The van der Waals surface area contributed by atoms with Gasteiger partial charge in [-0.3, -0.25) is 9.63 Å². The van der Waals surface area contributed by atoms with Crippen molar-refractivity contribution in [2.75, 3.05) is 13.2 Å². The molecule has 0 saturated carbocycles. The van der Waals surface area contributed by atoms with Gasteiger partial charge in [-0.25, -0.2) is 0 Å². The third-order valence-corrected chi connectivity index (χ3v) is 1.11. The lowest BCUT2D eigenvalue weighted by molar-refractivity contribution is -0.0503. The second-order valence-electron chi connectivity index (χ2n) is 1.86. The van der Waals surface area contributed by atoms with Crippen molar-refractivity contribution in [2.45, 2.75) is 13.8 Å². The number of amides is 1. The van der Waals surface area contributed by atoms with Crippen molar-refractivity contribution in [2.24, 2.45) is 10.9 Å². The Labute approximate surface area is 82.0 Å². The van der Waals surface area contributed by atoms with Crippen molar-refractivity contribution in [1.82, 2.24) is 5.06 Å². The number of rotatable bonds is 4. The Morgan fingerprint density at radius 3 is 2.54 bits per heavy atom. The normalized spacial score (nSPS) is 11.2. The van der Waals surface area contributed by atoms with Crippen LogP contribution in [0, 0.1) is 0 Å². The van der Waals surface area contributed by atoms with Gasteiger partial charge in [-0.15, -0.1) is 5.06 Å². The SMILES string of the molecule is CCON=C(N)N(OCC)C(=O)S. The lowest BCUT2D eigenvalue weighted by atomic mass is 10.9. The van der Waals surface area contributed by atoms with Gasteiger partial charge in [0.05, 0.1) is 6.61 Å². The van der Waals surface area contributed by atoms with Gasteiger partial charge in [0, 0.05) is 0 Å². The third kappa shape index (κ3) is 4.58. The quantitative estimate of drug-likeness (QED) is 0.305. The van der Waals surface area contributed by atoms with E-state index in [1.54, 1.807) is 13.8 Å².